The van der Waals surface area contributed by atoms with E-state index in [4.69, 9.17) is 9.47 Å². The molecule has 1 aromatic rings. The van der Waals surface area contributed by atoms with Crippen LogP contribution in [0.25, 0.3) is 0 Å². The first-order valence-electron chi connectivity index (χ1n) is 9.25. The van der Waals surface area contributed by atoms with Crippen molar-refractivity contribution in [2.45, 2.75) is 32.0 Å². The van der Waals surface area contributed by atoms with Crippen molar-refractivity contribution >= 4 is 5.96 Å². The third-order valence-corrected chi connectivity index (χ3v) is 4.39. The van der Waals surface area contributed by atoms with Crippen molar-refractivity contribution in [2.24, 2.45) is 10.9 Å². The number of nitrogens with zero attached hydrogens (tertiary/aromatic N) is 1. The first kappa shape index (κ1) is 21.5. The van der Waals surface area contributed by atoms with E-state index in [-0.39, 0.29) is 6.54 Å². The van der Waals surface area contributed by atoms with Gasteiger partial charge in [-0.05, 0) is 42.9 Å². The number of hydrogen-bond acceptors (Lipinski definition) is 3. The molecule has 0 unspecified atom stereocenters. The molecule has 1 fully saturated rings. The molecule has 0 saturated carbocycles. The molecule has 0 aromatic heterocycles. The molecule has 1 aromatic carbocycles. The van der Waals surface area contributed by atoms with Crippen LogP contribution in [0.3, 0.4) is 0 Å². The SMILES string of the molecule is CN=C(NCCCOCC1CCOCC1)NCc1cccc(C(F)(F)F)c1. The highest BCUT2D eigenvalue weighted by molar-refractivity contribution is 5.79. The van der Waals surface area contributed by atoms with Gasteiger partial charge in [0.05, 0.1) is 5.56 Å². The third kappa shape index (κ3) is 8.17. The van der Waals surface area contributed by atoms with Crippen LogP contribution < -0.4 is 10.6 Å². The molecule has 1 aliphatic heterocycles. The molecule has 0 bridgehead atoms. The lowest BCUT2D eigenvalue weighted by atomic mass is 10.0. The first-order valence-corrected chi connectivity index (χ1v) is 9.25. The quantitative estimate of drug-likeness (QED) is 0.409. The van der Waals surface area contributed by atoms with Crippen molar-refractivity contribution in [3.05, 3.63) is 35.4 Å². The van der Waals surface area contributed by atoms with Gasteiger partial charge in [-0.3, -0.25) is 4.99 Å². The Labute approximate surface area is 158 Å². The Balaban J connectivity index is 1.61. The number of alkyl halides is 3. The lowest BCUT2D eigenvalue weighted by Gasteiger charge is -2.21. The first-order chi connectivity index (χ1) is 13.0. The van der Waals surface area contributed by atoms with Crippen LogP contribution in [0.15, 0.2) is 29.3 Å². The molecule has 0 radical (unpaired) electrons. The Morgan fingerprint density at radius 2 is 2.04 bits per heavy atom. The second-order valence-electron chi connectivity index (χ2n) is 6.53. The number of guanidine groups is 1. The molecule has 27 heavy (non-hydrogen) atoms. The van der Waals surface area contributed by atoms with Crippen LogP contribution in [0.1, 0.15) is 30.4 Å². The van der Waals surface area contributed by atoms with Crippen LogP contribution in [0.2, 0.25) is 0 Å². The van der Waals surface area contributed by atoms with E-state index in [2.05, 4.69) is 15.6 Å². The summed E-state index contributed by atoms with van der Waals surface area (Å²) in [4.78, 5) is 4.08. The zero-order chi connectivity index (χ0) is 19.5. The molecule has 0 aliphatic carbocycles. The normalized spacial score (nSPS) is 16.4. The monoisotopic (exact) mass is 387 g/mol. The molecular weight excluding hydrogens is 359 g/mol. The summed E-state index contributed by atoms with van der Waals surface area (Å²) in [5, 5.41) is 6.16. The van der Waals surface area contributed by atoms with Gasteiger partial charge in [0.15, 0.2) is 5.96 Å². The summed E-state index contributed by atoms with van der Waals surface area (Å²) in [6.45, 7) is 4.02. The van der Waals surface area contributed by atoms with E-state index in [0.717, 1.165) is 51.2 Å². The Kier molecular flexibility index (Phi) is 8.87. The maximum Gasteiger partial charge on any atom is 0.416 e. The fourth-order valence-corrected chi connectivity index (χ4v) is 2.81. The van der Waals surface area contributed by atoms with Gasteiger partial charge in [0.25, 0.3) is 0 Å². The smallest absolute Gasteiger partial charge is 0.381 e. The molecule has 1 saturated heterocycles. The standard InChI is InChI=1S/C19H28F3N3O2/c1-23-18(24-8-3-9-27-14-15-6-10-26-11-7-15)25-13-16-4-2-5-17(12-16)19(20,21)22/h2,4-5,12,15H,3,6-11,13-14H2,1H3,(H2,23,24,25). The molecule has 2 N–H and O–H groups in total. The van der Waals surface area contributed by atoms with E-state index in [1.807, 2.05) is 0 Å². The number of hydrogen-bond donors (Lipinski definition) is 2. The Hall–Kier alpha value is -1.80. The minimum absolute atomic E-state index is 0.268. The van der Waals surface area contributed by atoms with Gasteiger partial charge in [0, 0.05) is 46.6 Å². The van der Waals surface area contributed by atoms with Crippen molar-refractivity contribution in [2.75, 3.05) is 40.0 Å². The molecule has 152 valence electrons. The summed E-state index contributed by atoms with van der Waals surface area (Å²) in [6, 6.07) is 5.27. The van der Waals surface area contributed by atoms with Crippen LogP contribution >= 0.6 is 0 Å². The van der Waals surface area contributed by atoms with Crippen molar-refractivity contribution in [3.63, 3.8) is 0 Å². The highest BCUT2D eigenvalue weighted by Gasteiger charge is 2.30. The fraction of sp³-hybridized carbons (Fsp3) is 0.632. The second kappa shape index (κ2) is 11.1. The number of nitrogens with one attached hydrogen (secondary N) is 2. The van der Waals surface area contributed by atoms with E-state index in [1.165, 1.54) is 6.07 Å². The highest BCUT2D eigenvalue weighted by Crippen LogP contribution is 2.29. The van der Waals surface area contributed by atoms with Crippen LogP contribution in [-0.4, -0.2) is 46.0 Å². The number of halogens is 3. The molecule has 1 heterocycles. The Bertz CT molecular complexity index is 588. The number of ether oxygens (including phenoxy) is 2. The molecule has 8 heteroatoms. The van der Waals surface area contributed by atoms with E-state index in [1.54, 1.807) is 13.1 Å². The maximum absolute atomic E-state index is 12.7. The second-order valence-corrected chi connectivity index (χ2v) is 6.53. The molecule has 0 amide bonds. The highest BCUT2D eigenvalue weighted by atomic mass is 19.4. The van der Waals surface area contributed by atoms with Gasteiger partial charge in [-0.1, -0.05) is 12.1 Å². The minimum atomic E-state index is -4.33. The molecule has 2 rings (SSSR count). The van der Waals surface area contributed by atoms with Crippen LogP contribution in [0.5, 0.6) is 0 Å². The van der Waals surface area contributed by atoms with Gasteiger partial charge >= 0.3 is 6.18 Å². The third-order valence-electron chi connectivity index (χ3n) is 4.39. The van der Waals surface area contributed by atoms with Gasteiger partial charge in [-0.2, -0.15) is 13.2 Å². The molecule has 0 atom stereocenters. The molecule has 5 nitrogen and oxygen atoms in total. The van der Waals surface area contributed by atoms with Crippen molar-refractivity contribution in [1.82, 2.24) is 10.6 Å². The minimum Gasteiger partial charge on any atom is -0.381 e. The van der Waals surface area contributed by atoms with Gasteiger partial charge in [0.1, 0.15) is 0 Å². The zero-order valence-electron chi connectivity index (χ0n) is 15.6. The predicted molar refractivity (Wildman–Crippen MR) is 98.6 cm³/mol. The maximum atomic E-state index is 12.7. The predicted octanol–water partition coefficient (Wildman–Crippen LogP) is 3.20. The van der Waals surface area contributed by atoms with Gasteiger partial charge in [-0.25, -0.2) is 0 Å². The van der Waals surface area contributed by atoms with E-state index >= 15 is 0 Å². The average molecular weight is 387 g/mol. The fourth-order valence-electron chi connectivity index (χ4n) is 2.81. The van der Waals surface area contributed by atoms with Crippen molar-refractivity contribution < 1.29 is 22.6 Å². The zero-order valence-corrected chi connectivity index (χ0v) is 15.6. The topological polar surface area (TPSA) is 54.9 Å². The lowest BCUT2D eigenvalue weighted by molar-refractivity contribution is -0.137. The Morgan fingerprint density at radius 3 is 2.74 bits per heavy atom. The lowest BCUT2D eigenvalue weighted by Crippen LogP contribution is -2.37. The summed E-state index contributed by atoms with van der Waals surface area (Å²) >= 11 is 0. The molecular formula is C19H28F3N3O2. The largest absolute Gasteiger partial charge is 0.416 e. The number of aliphatic imine (C=N–C) groups is 1. The van der Waals surface area contributed by atoms with Crippen LogP contribution in [-0.2, 0) is 22.2 Å². The summed E-state index contributed by atoms with van der Waals surface area (Å²) in [7, 11) is 1.63. The number of rotatable bonds is 8. The summed E-state index contributed by atoms with van der Waals surface area (Å²) in [5.41, 5.74) is -0.0982. The summed E-state index contributed by atoms with van der Waals surface area (Å²) in [6.07, 6.45) is -1.39. The van der Waals surface area contributed by atoms with E-state index < -0.39 is 11.7 Å². The number of benzene rings is 1. The van der Waals surface area contributed by atoms with Crippen LogP contribution in [0, 0.1) is 5.92 Å². The average Bonchev–Trinajstić information content (AvgIpc) is 2.67. The van der Waals surface area contributed by atoms with Gasteiger partial charge in [0.2, 0.25) is 0 Å². The summed E-state index contributed by atoms with van der Waals surface area (Å²) in [5.74, 6) is 1.14. The van der Waals surface area contributed by atoms with E-state index in [9.17, 15) is 13.2 Å². The van der Waals surface area contributed by atoms with Gasteiger partial charge in [-0.15, -0.1) is 0 Å². The van der Waals surface area contributed by atoms with Crippen molar-refractivity contribution in [3.8, 4) is 0 Å². The van der Waals surface area contributed by atoms with E-state index in [0.29, 0.717) is 30.6 Å². The van der Waals surface area contributed by atoms with Crippen molar-refractivity contribution in [1.29, 1.82) is 0 Å². The molecule has 1 aliphatic rings. The summed E-state index contributed by atoms with van der Waals surface area (Å²) < 4.78 is 49.3. The Morgan fingerprint density at radius 1 is 1.26 bits per heavy atom. The molecule has 0 spiro atoms. The van der Waals surface area contributed by atoms with Gasteiger partial charge < -0.3 is 20.1 Å². The van der Waals surface area contributed by atoms with Crippen LogP contribution in [0.4, 0.5) is 13.2 Å².